The van der Waals surface area contributed by atoms with Crippen molar-refractivity contribution in [3.8, 4) is 22.8 Å². The number of carbonyl (C=O) groups excluding carboxylic acids is 1. The molecular formula is C21H23N3O3. The van der Waals surface area contributed by atoms with Crippen LogP contribution in [0.25, 0.3) is 11.3 Å². The number of H-pyrrole nitrogens is 1. The van der Waals surface area contributed by atoms with Crippen LogP contribution in [0.1, 0.15) is 29.9 Å². The van der Waals surface area contributed by atoms with E-state index < -0.39 is 0 Å². The summed E-state index contributed by atoms with van der Waals surface area (Å²) in [6.45, 7) is 5.53. The Bertz CT molecular complexity index is 888. The van der Waals surface area contributed by atoms with Crippen LogP contribution in [0, 0.1) is 0 Å². The van der Waals surface area contributed by atoms with Gasteiger partial charge in [0, 0.05) is 12.1 Å². The van der Waals surface area contributed by atoms with Gasteiger partial charge in [-0.25, -0.2) is 0 Å². The highest BCUT2D eigenvalue weighted by Crippen LogP contribution is 2.21. The van der Waals surface area contributed by atoms with Crippen LogP contribution in [0.15, 0.2) is 54.6 Å². The molecule has 0 spiro atoms. The molecule has 1 aromatic heterocycles. The van der Waals surface area contributed by atoms with Gasteiger partial charge in [0.25, 0.3) is 5.91 Å². The van der Waals surface area contributed by atoms with Gasteiger partial charge >= 0.3 is 0 Å². The highest BCUT2D eigenvalue weighted by molar-refractivity contribution is 5.93. The number of nitrogens with one attached hydrogen (secondary N) is 2. The lowest BCUT2D eigenvalue weighted by atomic mass is 10.1. The van der Waals surface area contributed by atoms with Crippen LogP contribution in [-0.2, 0) is 6.54 Å². The smallest absolute Gasteiger partial charge is 0.269 e. The van der Waals surface area contributed by atoms with Crippen LogP contribution in [0.4, 0.5) is 0 Å². The zero-order valence-corrected chi connectivity index (χ0v) is 15.5. The lowest BCUT2D eigenvalue weighted by molar-refractivity contribution is 0.0946. The van der Waals surface area contributed by atoms with E-state index in [4.69, 9.17) is 9.47 Å². The molecule has 140 valence electrons. The van der Waals surface area contributed by atoms with Crippen LogP contribution in [0.2, 0.25) is 0 Å². The lowest BCUT2D eigenvalue weighted by Crippen LogP contribution is -2.23. The summed E-state index contributed by atoms with van der Waals surface area (Å²) in [6, 6.07) is 17.0. The highest BCUT2D eigenvalue weighted by Gasteiger charge is 2.11. The second-order valence-corrected chi connectivity index (χ2v) is 5.89. The zero-order valence-electron chi connectivity index (χ0n) is 15.5. The molecule has 6 heteroatoms. The standard InChI is InChI=1S/C21H23N3O3/c1-3-26-17-10-8-16(9-11-17)19-13-20(24-23-19)21(25)22-14-15-6-5-7-18(12-15)27-4-2/h5-13H,3-4,14H2,1-2H3,(H,22,25)(H,23,24). The average molecular weight is 365 g/mol. The number of hydrogen-bond donors (Lipinski definition) is 2. The summed E-state index contributed by atoms with van der Waals surface area (Å²) in [6.07, 6.45) is 0. The van der Waals surface area contributed by atoms with Gasteiger partial charge in [0.15, 0.2) is 0 Å². The van der Waals surface area contributed by atoms with Crippen molar-refractivity contribution in [1.29, 1.82) is 0 Å². The van der Waals surface area contributed by atoms with E-state index in [1.165, 1.54) is 0 Å². The summed E-state index contributed by atoms with van der Waals surface area (Å²) < 4.78 is 10.9. The van der Waals surface area contributed by atoms with Crippen molar-refractivity contribution < 1.29 is 14.3 Å². The first kappa shape index (κ1) is 18.5. The molecule has 3 rings (SSSR count). The minimum Gasteiger partial charge on any atom is -0.494 e. The maximum absolute atomic E-state index is 12.4. The first-order chi connectivity index (χ1) is 13.2. The fraction of sp³-hybridized carbons (Fsp3) is 0.238. The Morgan fingerprint density at radius 2 is 1.74 bits per heavy atom. The molecule has 2 N–H and O–H groups in total. The summed E-state index contributed by atoms with van der Waals surface area (Å²) >= 11 is 0. The zero-order chi connectivity index (χ0) is 19.1. The average Bonchev–Trinajstić information content (AvgIpc) is 3.18. The Morgan fingerprint density at radius 1 is 1.00 bits per heavy atom. The van der Waals surface area contributed by atoms with Gasteiger partial charge in [-0.3, -0.25) is 9.89 Å². The number of hydrogen-bond acceptors (Lipinski definition) is 4. The SMILES string of the molecule is CCOc1ccc(-c2cc(C(=O)NCc3cccc(OCC)c3)[nH]n2)cc1. The summed E-state index contributed by atoms with van der Waals surface area (Å²) in [5.74, 6) is 1.40. The first-order valence-electron chi connectivity index (χ1n) is 8.98. The molecule has 2 aromatic carbocycles. The molecule has 27 heavy (non-hydrogen) atoms. The number of ether oxygens (including phenoxy) is 2. The van der Waals surface area contributed by atoms with Gasteiger partial charge < -0.3 is 14.8 Å². The first-order valence-corrected chi connectivity index (χ1v) is 8.98. The quantitative estimate of drug-likeness (QED) is 0.636. The van der Waals surface area contributed by atoms with E-state index in [2.05, 4.69) is 15.5 Å². The molecule has 0 atom stereocenters. The molecule has 0 aliphatic carbocycles. The van der Waals surface area contributed by atoms with E-state index in [0.29, 0.717) is 31.1 Å². The molecule has 0 aliphatic rings. The number of aromatic nitrogens is 2. The summed E-state index contributed by atoms with van der Waals surface area (Å²) in [5.41, 5.74) is 3.01. The third-order valence-electron chi connectivity index (χ3n) is 3.95. The highest BCUT2D eigenvalue weighted by atomic mass is 16.5. The van der Waals surface area contributed by atoms with Gasteiger partial charge in [-0.05, 0) is 61.9 Å². The van der Waals surface area contributed by atoms with Gasteiger partial charge in [0.1, 0.15) is 17.2 Å². The third kappa shape index (κ3) is 4.88. The molecule has 0 bridgehead atoms. The predicted octanol–water partition coefficient (Wildman–Crippen LogP) is 3.80. The van der Waals surface area contributed by atoms with Crippen molar-refractivity contribution in [2.24, 2.45) is 0 Å². The predicted molar refractivity (Wildman–Crippen MR) is 104 cm³/mol. The minimum atomic E-state index is -0.207. The Labute approximate surface area is 158 Å². The Kier molecular flexibility index (Phi) is 6.10. The number of aromatic amines is 1. The van der Waals surface area contributed by atoms with Gasteiger partial charge in [0.05, 0.1) is 18.9 Å². The monoisotopic (exact) mass is 365 g/mol. The van der Waals surface area contributed by atoms with Crippen molar-refractivity contribution in [3.63, 3.8) is 0 Å². The normalized spacial score (nSPS) is 10.4. The fourth-order valence-corrected chi connectivity index (χ4v) is 2.66. The maximum Gasteiger partial charge on any atom is 0.269 e. The molecule has 1 heterocycles. The molecular weight excluding hydrogens is 342 g/mol. The van der Waals surface area contributed by atoms with E-state index in [-0.39, 0.29) is 5.91 Å². The van der Waals surface area contributed by atoms with Crippen molar-refractivity contribution in [2.45, 2.75) is 20.4 Å². The van der Waals surface area contributed by atoms with Gasteiger partial charge in [-0.15, -0.1) is 0 Å². The Hall–Kier alpha value is -3.28. The Balaban J connectivity index is 1.62. The molecule has 6 nitrogen and oxygen atoms in total. The molecule has 3 aromatic rings. The second-order valence-electron chi connectivity index (χ2n) is 5.89. The van der Waals surface area contributed by atoms with Gasteiger partial charge in [-0.2, -0.15) is 5.10 Å². The van der Waals surface area contributed by atoms with E-state index in [1.54, 1.807) is 6.07 Å². The van der Waals surface area contributed by atoms with Crippen molar-refractivity contribution in [1.82, 2.24) is 15.5 Å². The number of rotatable bonds is 8. The minimum absolute atomic E-state index is 0.207. The van der Waals surface area contributed by atoms with Crippen molar-refractivity contribution >= 4 is 5.91 Å². The molecule has 0 aliphatic heterocycles. The van der Waals surface area contributed by atoms with Crippen LogP contribution in [0.3, 0.4) is 0 Å². The molecule has 1 amide bonds. The third-order valence-corrected chi connectivity index (χ3v) is 3.95. The number of nitrogens with zero attached hydrogens (tertiary/aromatic N) is 1. The van der Waals surface area contributed by atoms with Crippen LogP contribution >= 0.6 is 0 Å². The van der Waals surface area contributed by atoms with Crippen LogP contribution < -0.4 is 14.8 Å². The van der Waals surface area contributed by atoms with E-state index in [0.717, 1.165) is 22.6 Å². The van der Waals surface area contributed by atoms with Crippen LogP contribution in [0.5, 0.6) is 11.5 Å². The summed E-state index contributed by atoms with van der Waals surface area (Å²) in [7, 11) is 0. The molecule has 0 fully saturated rings. The van der Waals surface area contributed by atoms with E-state index in [9.17, 15) is 4.79 Å². The lowest BCUT2D eigenvalue weighted by Gasteiger charge is -2.07. The number of amides is 1. The summed E-state index contributed by atoms with van der Waals surface area (Å²) in [5, 5.41) is 9.91. The van der Waals surface area contributed by atoms with E-state index >= 15 is 0 Å². The molecule has 0 radical (unpaired) electrons. The Morgan fingerprint density at radius 3 is 2.48 bits per heavy atom. The van der Waals surface area contributed by atoms with Gasteiger partial charge in [0.2, 0.25) is 0 Å². The van der Waals surface area contributed by atoms with E-state index in [1.807, 2.05) is 62.4 Å². The number of carbonyl (C=O) groups is 1. The van der Waals surface area contributed by atoms with Crippen molar-refractivity contribution in [3.05, 3.63) is 65.9 Å². The van der Waals surface area contributed by atoms with Crippen LogP contribution in [-0.4, -0.2) is 29.3 Å². The summed E-state index contributed by atoms with van der Waals surface area (Å²) in [4.78, 5) is 12.4. The maximum atomic E-state index is 12.4. The molecule has 0 saturated carbocycles. The van der Waals surface area contributed by atoms with Crippen molar-refractivity contribution in [2.75, 3.05) is 13.2 Å². The number of benzene rings is 2. The fourth-order valence-electron chi connectivity index (χ4n) is 2.66. The largest absolute Gasteiger partial charge is 0.494 e. The molecule has 0 unspecified atom stereocenters. The second kappa shape index (κ2) is 8.89. The topological polar surface area (TPSA) is 76.2 Å². The molecule has 0 saturated heterocycles. The van der Waals surface area contributed by atoms with Gasteiger partial charge in [-0.1, -0.05) is 12.1 Å².